The van der Waals surface area contributed by atoms with Crippen molar-refractivity contribution in [2.24, 2.45) is 4.99 Å². The third-order valence-electron chi connectivity index (χ3n) is 3.65. The molecule has 1 aromatic carbocycles. The molecular weight excluding hydrogens is 336 g/mol. The molecule has 2 N–H and O–H groups in total. The number of carboxylic acids is 1. The third kappa shape index (κ3) is 2.40. The number of carbonyl (C=O) groups is 2. The van der Waals surface area contributed by atoms with E-state index in [1.165, 1.54) is 6.92 Å². The van der Waals surface area contributed by atoms with Gasteiger partial charge in [0.2, 0.25) is 5.88 Å². The Bertz CT molecular complexity index is 1030. The van der Waals surface area contributed by atoms with Crippen molar-refractivity contribution >= 4 is 41.0 Å². The lowest BCUT2D eigenvalue weighted by molar-refractivity contribution is -0.140. The van der Waals surface area contributed by atoms with E-state index in [4.69, 9.17) is 17.3 Å². The van der Waals surface area contributed by atoms with Crippen LogP contribution in [0, 0.1) is 10.9 Å². The fourth-order valence-corrected chi connectivity index (χ4v) is 3.94. The summed E-state index contributed by atoms with van der Waals surface area (Å²) in [5.41, 5.74) is 1.21. The maximum Gasteiger partial charge on any atom is 0.326 e. The van der Waals surface area contributed by atoms with Crippen LogP contribution in [0.1, 0.15) is 23.4 Å². The summed E-state index contributed by atoms with van der Waals surface area (Å²) in [6.07, 6.45) is 0. The SMILES string of the molecule is Cc1ccc2c(c1)=C(c1sc(=S)n([C@@H](C)C(=O)O)c1O)C(=O)N=2. The van der Waals surface area contributed by atoms with Gasteiger partial charge in [-0.05, 0) is 38.2 Å². The maximum absolute atomic E-state index is 12.3. The standard InChI is InChI=1S/C15H12N2O4S2/c1-6-3-4-9-8(5-6)10(12(18)16-9)11-13(19)17(15(22)23-11)7(2)14(20)21/h3-5,7,19H,1-2H3,(H,20,21)/t7-/m0/s1. The number of fused-ring (bicyclic) bond motifs is 1. The normalized spacial score (nSPS) is 14.5. The van der Waals surface area contributed by atoms with Crippen LogP contribution in [-0.2, 0) is 9.59 Å². The zero-order valence-electron chi connectivity index (χ0n) is 12.2. The number of nitrogens with zero attached hydrogens (tertiary/aromatic N) is 2. The Hall–Kier alpha value is -2.32. The highest BCUT2D eigenvalue weighted by Gasteiger charge is 2.28. The number of hydrogen-bond acceptors (Lipinski definition) is 5. The second-order valence-corrected chi connectivity index (χ2v) is 6.86. The largest absolute Gasteiger partial charge is 0.493 e. The number of rotatable bonds is 3. The Morgan fingerprint density at radius 1 is 1.43 bits per heavy atom. The zero-order valence-corrected chi connectivity index (χ0v) is 13.9. The molecule has 0 spiro atoms. The van der Waals surface area contributed by atoms with Gasteiger partial charge in [0.15, 0.2) is 3.95 Å². The lowest BCUT2D eigenvalue weighted by Crippen LogP contribution is -2.23. The van der Waals surface area contributed by atoms with Crippen molar-refractivity contribution in [3.05, 3.63) is 43.2 Å². The number of thiazole rings is 1. The average molecular weight is 348 g/mol. The molecule has 0 unspecified atom stereocenters. The van der Waals surface area contributed by atoms with Crippen molar-refractivity contribution in [2.45, 2.75) is 19.9 Å². The summed E-state index contributed by atoms with van der Waals surface area (Å²) in [5, 5.41) is 20.7. The number of aliphatic carboxylic acids is 1. The molecule has 1 aliphatic heterocycles. The summed E-state index contributed by atoms with van der Waals surface area (Å²) in [6, 6.07) is 4.37. The smallest absolute Gasteiger partial charge is 0.326 e. The highest BCUT2D eigenvalue weighted by atomic mass is 32.1. The van der Waals surface area contributed by atoms with Gasteiger partial charge in [0.1, 0.15) is 10.9 Å². The Labute approximate surface area is 139 Å². The van der Waals surface area contributed by atoms with Crippen LogP contribution in [0.2, 0.25) is 0 Å². The molecule has 2 aromatic rings. The van der Waals surface area contributed by atoms with Gasteiger partial charge in [-0.15, -0.1) is 11.3 Å². The van der Waals surface area contributed by atoms with Crippen molar-refractivity contribution in [1.29, 1.82) is 0 Å². The molecule has 2 heterocycles. The van der Waals surface area contributed by atoms with Crippen LogP contribution < -0.4 is 10.6 Å². The van der Waals surface area contributed by atoms with Gasteiger partial charge in [0.25, 0.3) is 5.91 Å². The number of carboxylic acid groups (broad SMARTS) is 1. The van der Waals surface area contributed by atoms with Gasteiger partial charge in [-0.1, -0.05) is 11.6 Å². The molecular formula is C15H12N2O4S2. The molecule has 118 valence electrons. The maximum atomic E-state index is 12.3. The molecule has 0 saturated heterocycles. The van der Waals surface area contributed by atoms with E-state index in [1.54, 1.807) is 6.07 Å². The zero-order chi connectivity index (χ0) is 16.9. The molecule has 3 rings (SSSR count). The Morgan fingerprint density at radius 2 is 2.13 bits per heavy atom. The number of benzene rings is 1. The van der Waals surface area contributed by atoms with E-state index < -0.39 is 17.9 Å². The minimum Gasteiger partial charge on any atom is -0.493 e. The van der Waals surface area contributed by atoms with Gasteiger partial charge in [-0.2, -0.15) is 0 Å². The molecule has 1 aliphatic rings. The molecule has 23 heavy (non-hydrogen) atoms. The summed E-state index contributed by atoms with van der Waals surface area (Å²) in [7, 11) is 0. The van der Waals surface area contributed by atoms with Crippen LogP contribution in [0.15, 0.2) is 23.2 Å². The van der Waals surface area contributed by atoms with Crippen LogP contribution in [-0.4, -0.2) is 26.7 Å². The van der Waals surface area contributed by atoms with E-state index in [0.29, 0.717) is 10.6 Å². The molecule has 0 aliphatic carbocycles. The average Bonchev–Trinajstić information content (AvgIpc) is 2.94. The minimum absolute atomic E-state index is 0.189. The Balaban J connectivity index is 2.33. The lowest BCUT2D eigenvalue weighted by Gasteiger charge is -2.09. The quantitative estimate of drug-likeness (QED) is 0.816. The Morgan fingerprint density at radius 3 is 2.78 bits per heavy atom. The fraction of sp³-hybridized carbons (Fsp3) is 0.200. The number of carbonyl (C=O) groups excluding carboxylic acids is 1. The molecule has 0 bridgehead atoms. The highest BCUT2D eigenvalue weighted by molar-refractivity contribution is 7.73. The minimum atomic E-state index is -1.12. The number of aromatic nitrogens is 1. The monoisotopic (exact) mass is 348 g/mol. The Kier molecular flexibility index (Phi) is 3.65. The second kappa shape index (κ2) is 5.39. The van der Waals surface area contributed by atoms with E-state index >= 15 is 0 Å². The first-order valence-electron chi connectivity index (χ1n) is 6.72. The van der Waals surface area contributed by atoms with E-state index in [-0.39, 0.29) is 20.3 Å². The van der Waals surface area contributed by atoms with Gasteiger partial charge in [-0.3, -0.25) is 9.36 Å². The van der Waals surface area contributed by atoms with E-state index in [1.807, 2.05) is 19.1 Å². The first-order valence-corrected chi connectivity index (χ1v) is 7.95. The molecule has 1 aromatic heterocycles. The summed E-state index contributed by atoms with van der Waals surface area (Å²) in [6.45, 7) is 3.30. The first-order chi connectivity index (χ1) is 10.8. The molecule has 1 amide bonds. The molecule has 0 radical (unpaired) electrons. The van der Waals surface area contributed by atoms with Gasteiger partial charge >= 0.3 is 5.97 Å². The third-order valence-corrected chi connectivity index (χ3v) is 5.06. The van der Waals surface area contributed by atoms with Gasteiger partial charge in [-0.25, -0.2) is 9.79 Å². The lowest BCUT2D eigenvalue weighted by atomic mass is 10.1. The van der Waals surface area contributed by atoms with Crippen molar-refractivity contribution in [3.8, 4) is 5.88 Å². The first kappa shape index (κ1) is 15.6. The molecule has 0 saturated carbocycles. The molecule has 0 fully saturated rings. The number of amides is 1. The van der Waals surface area contributed by atoms with Crippen LogP contribution in [0.5, 0.6) is 5.88 Å². The molecule has 6 nitrogen and oxygen atoms in total. The summed E-state index contributed by atoms with van der Waals surface area (Å²) in [5.74, 6) is -1.90. The van der Waals surface area contributed by atoms with Crippen molar-refractivity contribution < 1.29 is 19.8 Å². The van der Waals surface area contributed by atoms with Crippen molar-refractivity contribution in [3.63, 3.8) is 0 Å². The molecule has 1 atom stereocenters. The van der Waals surface area contributed by atoms with Gasteiger partial charge in [0, 0.05) is 5.22 Å². The number of aromatic hydroxyl groups is 1. The number of aryl methyl sites for hydroxylation is 1. The van der Waals surface area contributed by atoms with Gasteiger partial charge in [0.05, 0.1) is 10.9 Å². The molecule has 8 heteroatoms. The van der Waals surface area contributed by atoms with E-state index in [9.17, 15) is 14.7 Å². The van der Waals surface area contributed by atoms with Crippen LogP contribution in [0.3, 0.4) is 0 Å². The van der Waals surface area contributed by atoms with E-state index in [2.05, 4.69) is 4.99 Å². The topological polar surface area (TPSA) is 91.9 Å². The fourth-order valence-electron chi connectivity index (χ4n) is 2.44. The summed E-state index contributed by atoms with van der Waals surface area (Å²) >= 11 is 6.16. The van der Waals surface area contributed by atoms with E-state index in [0.717, 1.165) is 21.5 Å². The van der Waals surface area contributed by atoms with Crippen LogP contribution in [0.4, 0.5) is 0 Å². The summed E-state index contributed by atoms with van der Waals surface area (Å²) < 4.78 is 1.32. The van der Waals surface area contributed by atoms with Crippen LogP contribution in [0.25, 0.3) is 5.57 Å². The van der Waals surface area contributed by atoms with Crippen LogP contribution >= 0.6 is 23.6 Å². The van der Waals surface area contributed by atoms with Crippen molar-refractivity contribution in [2.75, 3.05) is 0 Å². The highest BCUT2D eigenvalue weighted by Crippen LogP contribution is 2.34. The predicted octanol–water partition coefficient (Wildman–Crippen LogP) is 1.30. The summed E-state index contributed by atoms with van der Waals surface area (Å²) in [4.78, 5) is 27.7. The predicted molar refractivity (Wildman–Crippen MR) is 86.6 cm³/mol. The van der Waals surface area contributed by atoms with Gasteiger partial charge < -0.3 is 10.2 Å². The van der Waals surface area contributed by atoms with Crippen molar-refractivity contribution in [1.82, 2.24) is 4.57 Å². The number of hydrogen-bond donors (Lipinski definition) is 2. The second-order valence-electron chi connectivity index (χ2n) is 5.22.